The molecule has 5 heteroatoms. The lowest BCUT2D eigenvalue weighted by Crippen LogP contribution is -2.49. The Morgan fingerprint density at radius 3 is 2.25 bits per heavy atom. The van der Waals surface area contributed by atoms with Crippen molar-refractivity contribution in [3.05, 3.63) is 35.4 Å². The summed E-state index contributed by atoms with van der Waals surface area (Å²) in [6, 6.07) is 9.59. The number of carbonyl (C=O) groups excluding carboxylic acids is 1. The first kappa shape index (κ1) is 16.9. The van der Waals surface area contributed by atoms with Crippen LogP contribution in [0.3, 0.4) is 0 Å². The predicted octanol–water partition coefficient (Wildman–Crippen LogP) is 2.27. The Balaban J connectivity index is 1.51. The van der Waals surface area contributed by atoms with Gasteiger partial charge in [-0.3, -0.25) is 4.79 Å². The molecule has 2 saturated heterocycles. The lowest BCUT2D eigenvalue weighted by atomic mass is 9.98. The van der Waals surface area contributed by atoms with Gasteiger partial charge in [0.25, 0.3) is 5.91 Å². The fourth-order valence-corrected chi connectivity index (χ4v) is 3.78. The number of nitrogens with zero attached hydrogens (tertiary/aromatic N) is 3. The molecular weight excluding hydrogens is 302 g/mol. The van der Waals surface area contributed by atoms with Gasteiger partial charge >= 0.3 is 0 Å². The van der Waals surface area contributed by atoms with E-state index in [0.29, 0.717) is 23.3 Å². The van der Waals surface area contributed by atoms with Crippen molar-refractivity contribution in [3.63, 3.8) is 0 Å². The number of carbonyl (C=O) groups is 1. The molecule has 0 aliphatic carbocycles. The summed E-state index contributed by atoms with van der Waals surface area (Å²) in [6.45, 7) is 3.83. The van der Waals surface area contributed by atoms with Gasteiger partial charge in [0.1, 0.15) is 0 Å². The number of hydrogen-bond acceptors (Lipinski definition) is 4. The fraction of sp³-hybridized carbons (Fsp3) is 0.579. The first-order valence-corrected chi connectivity index (χ1v) is 8.77. The van der Waals surface area contributed by atoms with Crippen LogP contribution in [0, 0.1) is 11.3 Å². The smallest absolute Gasteiger partial charge is 0.253 e. The molecular formula is C19H25N3O2. The Hall–Kier alpha value is -1.90. The number of nitriles is 1. The molecule has 2 aliphatic rings. The average Bonchev–Trinajstić information content (AvgIpc) is 2.68. The van der Waals surface area contributed by atoms with Gasteiger partial charge in [-0.1, -0.05) is 0 Å². The molecule has 0 unspecified atom stereocenters. The van der Waals surface area contributed by atoms with Crippen molar-refractivity contribution in [2.24, 2.45) is 0 Å². The Bertz CT molecular complexity index is 592. The summed E-state index contributed by atoms with van der Waals surface area (Å²) < 4.78 is 5.44. The van der Waals surface area contributed by atoms with Crippen molar-refractivity contribution in [1.29, 1.82) is 5.26 Å². The van der Waals surface area contributed by atoms with E-state index in [1.807, 2.05) is 4.90 Å². The van der Waals surface area contributed by atoms with Crippen molar-refractivity contribution in [2.75, 3.05) is 33.3 Å². The highest BCUT2D eigenvalue weighted by Gasteiger charge is 2.29. The van der Waals surface area contributed by atoms with Crippen molar-refractivity contribution in [1.82, 2.24) is 9.80 Å². The van der Waals surface area contributed by atoms with E-state index in [4.69, 9.17) is 10.00 Å². The Labute approximate surface area is 143 Å². The molecule has 1 amide bonds. The summed E-state index contributed by atoms with van der Waals surface area (Å²) in [6.07, 6.45) is 4.72. The molecule has 24 heavy (non-hydrogen) atoms. The summed E-state index contributed by atoms with van der Waals surface area (Å²) in [7, 11) is 1.80. The molecule has 2 fully saturated rings. The third kappa shape index (κ3) is 3.77. The van der Waals surface area contributed by atoms with Crippen molar-refractivity contribution >= 4 is 5.91 Å². The topological polar surface area (TPSA) is 56.6 Å². The Morgan fingerprint density at radius 1 is 1.08 bits per heavy atom. The first-order valence-electron chi connectivity index (χ1n) is 8.77. The molecule has 0 saturated carbocycles. The zero-order valence-corrected chi connectivity index (χ0v) is 14.3. The number of hydrogen-bond donors (Lipinski definition) is 0. The van der Waals surface area contributed by atoms with E-state index < -0.39 is 0 Å². The molecule has 128 valence electrons. The monoisotopic (exact) mass is 327 g/mol. The van der Waals surface area contributed by atoms with E-state index in [9.17, 15) is 4.79 Å². The summed E-state index contributed by atoms with van der Waals surface area (Å²) in [5, 5.41) is 8.84. The minimum Gasteiger partial charge on any atom is -0.381 e. The van der Waals surface area contributed by atoms with Crippen LogP contribution < -0.4 is 0 Å². The third-order valence-corrected chi connectivity index (χ3v) is 5.34. The molecule has 0 bridgehead atoms. The number of ether oxygens (including phenoxy) is 1. The molecule has 0 aromatic heterocycles. The Morgan fingerprint density at radius 2 is 1.71 bits per heavy atom. The lowest BCUT2D eigenvalue weighted by Gasteiger charge is -2.41. The van der Waals surface area contributed by atoms with Crippen LogP contribution >= 0.6 is 0 Å². The zero-order valence-electron chi connectivity index (χ0n) is 14.3. The minimum atomic E-state index is 0.0797. The van der Waals surface area contributed by atoms with Gasteiger partial charge in [-0.2, -0.15) is 5.26 Å². The number of methoxy groups -OCH3 is 1. The minimum absolute atomic E-state index is 0.0797. The maximum atomic E-state index is 12.6. The molecule has 0 atom stereocenters. The van der Waals surface area contributed by atoms with Crippen LogP contribution in [-0.4, -0.2) is 61.1 Å². The molecule has 2 heterocycles. The quantitative estimate of drug-likeness (QED) is 0.854. The van der Waals surface area contributed by atoms with Gasteiger partial charge in [-0.05, 0) is 49.9 Å². The summed E-state index contributed by atoms with van der Waals surface area (Å²) >= 11 is 0. The van der Waals surface area contributed by atoms with Crippen molar-refractivity contribution in [3.8, 4) is 6.07 Å². The van der Waals surface area contributed by atoms with Gasteiger partial charge in [0.2, 0.25) is 0 Å². The second-order valence-corrected chi connectivity index (χ2v) is 6.68. The van der Waals surface area contributed by atoms with E-state index in [-0.39, 0.29) is 5.91 Å². The van der Waals surface area contributed by atoms with E-state index in [1.54, 1.807) is 31.4 Å². The van der Waals surface area contributed by atoms with Gasteiger partial charge in [-0.15, -0.1) is 0 Å². The van der Waals surface area contributed by atoms with Crippen LogP contribution in [0.2, 0.25) is 0 Å². The number of benzene rings is 1. The highest BCUT2D eigenvalue weighted by atomic mass is 16.5. The second kappa shape index (κ2) is 7.78. The van der Waals surface area contributed by atoms with Gasteiger partial charge in [0, 0.05) is 44.9 Å². The fourth-order valence-electron chi connectivity index (χ4n) is 3.78. The maximum Gasteiger partial charge on any atom is 0.253 e. The standard InChI is InChI=1S/C19H25N3O2/c1-24-18-8-12-21(13-9-18)17-6-10-22(11-7-17)19(23)16-4-2-15(14-20)3-5-16/h2-5,17-18H,6-13H2,1H3. The van der Waals surface area contributed by atoms with Crippen LogP contribution in [-0.2, 0) is 4.74 Å². The average molecular weight is 327 g/mol. The Kier molecular flexibility index (Phi) is 5.49. The number of rotatable bonds is 3. The first-order chi connectivity index (χ1) is 11.7. The molecule has 5 nitrogen and oxygen atoms in total. The van der Waals surface area contributed by atoms with Crippen LogP contribution in [0.15, 0.2) is 24.3 Å². The SMILES string of the molecule is COC1CCN(C2CCN(C(=O)c3ccc(C#N)cc3)CC2)CC1. The van der Waals surface area contributed by atoms with Gasteiger partial charge in [0.15, 0.2) is 0 Å². The number of amides is 1. The molecule has 0 N–H and O–H groups in total. The van der Waals surface area contributed by atoms with Gasteiger partial charge < -0.3 is 14.5 Å². The predicted molar refractivity (Wildman–Crippen MR) is 91.7 cm³/mol. The van der Waals surface area contributed by atoms with Crippen LogP contribution in [0.25, 0.3) is 0 Å². The lowest BCUT2D eigenvalue weighted by molar-refractivity contribution is 0.0145. The van der Waals surface area contributed by atoms with Crippen molar-refractivity contribution < 1.29 is 9.53 Å². The highest BCUT2D eigenvalue weighted by molar-refractivity contribution is 5.94. The van der Waals surface area contributed by atoms with E-state index in [1.165, 1.54) is 0 Å². The summed E-state index contributed by atoms with van der Waals surface area (Å²) in [4.78, 5) is 17.1. The summed E-state index contributed by atoms with van der Waals surface area (Å²) in [5.41, 5.74) is 1.26. The summed E-state index contributed by atoms with van der Waals surface area (Å²) in [5.74, 6) is 0.0797. The van der Waals surface area contributed by atoms with Crippen LogP contribution in [0.4, 0.5) is 0 Å². The van der Waals surface area contributed by atoms with E-state index in [2.05, 4.69) is 11.0 Å². The molecule has 0 radical (unpaired) electrons. The number of piperidine rings is 2. The van der Waals surface area contributed by atoms with Crippen molar-refractivity contribution in [2.45, 2.75) is 37.8 Å². The molecule has 1 aromatic carbocycles. The molecule has 3 rings (SSSR count). The van der Waals surface area contributed by atoms with Crippen LogP contribution in [0.5, 0.6) is 0 Å². The molecule has 0 spiro atoms. The maximum absolute atomic E-state index is 12.6. The zero-order chi connectivity index (χ0) is 16.9. The van der Waals surface area contributed by atoms with Gasteiger partial charge in [-0.25, -0.2) is 0 Å². The normalized spacial score (nSPS) is 20.8. The second-order valence-electron chi connectivity index (χ2n) is 6.68. The van der Waals surface area contributed by atoms with E-state index >= 15 is 0 Å². The molecule has 1 aromatic rings. The third-order valence-electron chi connectivity index (χ3n) is 5.34. The van der Waals surface area contributed by atoms with E-state index in [0.717, 1.165) is 51.9 Å². The largest absolute Gasteiger partial charge is 0.381 e. The molecule has 2 aliphatic heterocycles. The van der Waals surface area contributed by atoms with Crippen LogP contribution in [0.1, 0.15) is 41.6 Å². The van der Waals surface area contributed by atoms with Gasteiger partial charge in [0.05, 0.1) is 17.7 Å². The number of likely N-dealkylation sites (tertiary alicyclic amines) is 2. The highest BCUT2D eigenvalue weighted by Crippen LogP contribution is 2.23.